The molecule has 1 aromatic heterocycles. The zero-order chi connectivity index (χ0) is 14.0. The smallest absolute Gasteiger partial charge is 0.271 e. The number of aryl methyl sites for hydroxylation is 1. The van der Waals surface area contributed by atoms with Crippen LogP contribution in [0.25, 0.3) is 5.69 Å². The van der Waals surface area contributed by atoms with Crippen LogP contribution in [0.2, 0.25) is 0 Å². The molecule has 19 heavy (non-hydrogen) atoms. The molecule has 7 heteroatoms. The first kappa shape index (κ1) is 13.6. The predicted molar refractivity (Wildman–Crippen MR) is 73.1 cm³/mol. The third kappa shape index (κ3) is 2.77. The van der Waals surface area contributed by atoms with Gasteiger partial charge in [-0.05, 0) is 32.0 Å². The van der Waals surface area contributed by atoms with Crippen molar-refractivity contribution in [2.45, 2.75) is 13.8 Å². The van der Waals surface area contributed by atoms with E-state index >= 15 is 0 Å². The van der Waals surface area contributed by atoms with Gasteiger partial charge in [-0.3, -0.25) is 14.1 Å². The summed E-state index contributed by atoms with van der Waals surface area (Å²) < 4.78 is 24.8. The number of nitrogens with zero attached hydrogens (tertiary/aromatic N) is 2. The second kappa shape index (κ2) is 5.41. The highest BCUT2D eigenvalue weighted by Gasteiger charge is 2.08. The molecule has 0 aliphatic heterocycles. The van der Waals surface area contributed by atoms with E-state index in [4.69, 9.17) is 0 Å². The van der Waals surface area contributed by atoms with Gasteiger partial charge in [0.15, 0.2) is 0 Å². The van der Waals surface area contributed by atoms with E-state index in [2.05, 4.69) is 5.10 Å². The first-order chi connectivity index (χ1) is 9.02. The molecule has 0 amide bonds. The Kier molecular flexibility index (Phi) is 3.87. The van der Waals surface area contributed by atoms with E-state index in [9.17, 15) is 13.6 Å². The lowest BCUT2D eigenvalue weighted by Gasteiger charge is -2.25. The molecule has 1 unspecified atom stereocenters. The van der Waals surface area contributed by atoms with Crippen LogP contribution in [-0.4, -0.2) is 25.1 Å². The molecule has 0 saturated carbocycles. The van der Waals surface area contributed by atoms with E-state index in [1.807, 2.05) is 0 Å². The number of benzene rings is 1. The number of hydrogen-bond acceptors (Lipinski definition) is 3. The van der Waals surface area contributed by atoms with Gasteiger partial charge < -0.3 is 8.86 Å². The van der Waals surface area contributed by atoms with Crippen molar-refractivity contribution in [3.63, 3.8) is 0 Å². The summed E-state index contributed by atoms with van der Waals surface area (Å²) in [5, 5.41) is 2.91. The summed E-state index contributed by atoms with van der Waals surface area (Å²) in [4.78, 5) is 11.7. The largest absolute Gasteiger partial charge is 0.755 e. The first-order valence-electron chi connectivity index (χ1n) is 5.79. The highest BCUT2D eigenvalue weighted by Crippen LogP contribution is 2.18. The molecule has 0 aliphatic carbocycles. The summed E-state index contributed by atoms with van der Waals surface area (Å²) in [7, 11) is 0. The Morgan fingerprint density at radius 2 is 2.16 bits per heavy atom. The minimum Gasteiger partial charge on any atom is -0.755 e. The van der Waals surface area contributed by atoms with Gasteiger partial charge in [0.1, 0.15) is 0 Å². The van der Waals surface area contributed by atoms with Crippen molar-refractivity contribution in [1.29, 1.82) is 0 Å². The maximum absolute atomic E-state index is 11.7. The molecule has 1 aromatic carbocycles. The fourth-order valence-electron chi connectivity index (χ4n) is 1.87. The summed E-state index contributed by atoms with van der Waals surface area (Å²) in [6.07, 6.45) is 0. The van der Waals surface area contributed by atoms with Crippen LogP contribution >= 0.6 is 0 Å². The van der Waals surface area contributed by atoms with Gasteiger partial charge in [0.25, 0.3) is 5.56 Å². The lowest BCUT2D eigenvalue weighted by molar-refractivity contribution is 0.533. The number of rotatable bonds is 4. The normalized spacial score (nSPS) is 12.4. The van der Waals surface area contributed by atoms with Crippen LogP contribution in [-0.2, 0) is 11.3 Å². The van der Waals surface area contributed by atoms with Crippen molar-refractivity contribution < 1.29 is 8.76 Å². The molecule has 1 heterocycles. The molecule has 0 aliphatic rings. The Morgan fingerprint density at radius 1 is 1.42 bits per heavy atom. The summed E-state index contributed by atoms with van der Waals surface area (Å²) in [5.74, 6) is 0. The van der Waals surface area contributed by atoms with Crippen molar-refractivity contribution in [2.75, 3.05) is 10.8 Å². The van der Waals surface area contributed by atoms with Gasteiger partial charge in [-0.1, -0.05) is 6.07 Å². The summed E-state index contributed by atoms with van der Waals surface area (Å²) >= 11 is -2.33. The Bertz CT molecular complexity index is 662. The molecule has 0 bridgehead atoms. The minimum atomic E-state index is -2.33. The quantitative estimate of drug-likeness (QED) is 0.851. The fourth-order valence-corrected chi connectivity index (χ4v) is 2.36. The number of hydrogen-bond donors (Lipinski definition) is 1. The predicted octanol–water partition coefficient (Wildman–Crippen LogP) is 1.09. The fraction of sp³-hybridized carbons (Fsp3) is 0.250. The molecule has 1 atom stereocenters. The number of aromatic amines is 1. The third-order valence-electron chi connectivity index (χ3n) is 2.69. The van der Waals surface area contributed by atoms with E-state index < -0.39 is 11.3 Å². The molecule has 0 saturated heterocycles. The van der Waals surface area contributed by atoms with E-state index in [1.54, 1.807) is 38.1 Å². The number of nitrogens with one attached hydrogen (secondary N) is 1. The van der Waals surface area contributed by atoms with Crippen molar-refractivity contribution in [3.8, 4) is 5.69 Å². The molecule has 2 aromatic rings. The van der Waals surface area contributed by atoms with Gasteiger partial charge in [0, 0.05) is 29.6 Å². The second-order valence-corrected chi connectivity index (χ2v) is 4.92. The highest BCUT2D eigenvalue weighted by molar-refractivity contribution is 7.80. The lowest BCUT2D eigenvalue weighted by atomic mass is 10.3. The van der Waals surface area contributed by atoms with E-state index in [-0.39, 0.29) is 5.56 Å². The molecule has 6 nitrogen and oxygen atoms in total. The van der Waals surface area contributed by atoms with E-state index in [0.29, 0.717) is 17.9 Å². The minimum absolute atomic E-state index is 0.180. The number of aromatic nitrogens is 2. The SMILES string of the molecule is CCN(c1cccc(-n2[nH]c(C)cc2=O)c1)S(=O)[O-]. The monoisotopic (exact) mass is 280 g/mol. The third-order valence-corrected chi connectivity index (χ3v) is 3.52. The maximum Gasteiger partial charge on any atom is 0.271 e. The van der Waals surface area contributed by atoms with Crippen molar-refractivity contribution >= 4 is 17.0 Å². The van der Waals surface area contributed by atoms with Crippen molar-refractivity contribution in [3.05, 3.63) is 46.4 Å². The van der Waals surface area contributed by atoms with Crippen molar-refractivity contribution in [1.82, 2.24) is 9.78 Å². The average molecular weight is 280 g/mol. The average Bonchev–Trinajstić information content (AvgIpc) is 2.69. The van der Waals surface area contributed by atoms with Crippen LogP contribution in [0.3, 0.4) is 0 Å². The molecule has 1 N–H and O–H groups in total. The summed E-state index contributed by atoms with van der Waals surface area (Å²) in [6.45, 7) is 3.86. The first-order valence-corrected chi connectivity index (χ1v) is 6.82. The van der Waals surface area contributed by atoms with Gasteiger partial charge in [-0.25, -0.2) is 4.68 Å². The molecule has 102 valence electrons. The number of anilines is 1. The second-order valence-electron chi connectivity index (χ2n) is 4.04. The topological polar surface area (TPSA) is 81.2 Å². The van der Waals surface area contributed by atoms with Crippen LogP contribution in [0.1, 0.15) is 12.6 Å². The van der Waals surface area contributed by atoms with Gasteiger partial charge in [0.05, 0.1) is 11.4 Å². The van der Waals surface area contributed by atoms with Gasteiger partial charge in [-0.15, -0.1) is 0 Å². The molecular weight excluding hydrogens is 266 g/mol. The highest BCUT2D eigenvalue weighted by atomic mass is 32.2. The van der Waals surface area contributed by atoms with Crippen LogP contribution in [0.15, 0.2) is 35.1 Å². The molecule has 0 spiro atoms. The molecule has 0 radical (unpaired) electrons. The maximum atomic E-state index is 11.7. The van der Waals surface area contributed by atoms with Crippen LogP contribution < -0.4 is 9.86 Å². The Hall–Kier alpha value is -1.86. The Labute approximate surface area is 113 Å². The van der Waals surface area contributed by atoms with Gasteiger partial charge >= 0.3 is 0 Å². The van der Waals surface area contributed by atoms with Gasteiger partial charge in [-0.2, -0.15) is 0 Å². The zero-order valence-electron chi connectivity index (χ0n) is 10.6. The zero-order valence-corrected chi connectivity index (χ0v) is 11.4. The number of H-pyrrole nitrogens is 1. The van der Waals surface area contributed by atoms with E-state index in [1.165, 1.54) is 15.1 Å². The summed E-state index contributed by atoms with van der Waals surface area (Å²) in [6, 6.07) is 8.27. The van der Waals surface area contributed by atoms with Crippen molar-refractivity contribution in [2.24, 2.45) is 0 Å². The Balaban J connectivity index is 2.47. The van der Waals surface area contributed by atoms with Crippen LogP contribution in [0.5, 0.6) is 0 Å². The lowest BCUT2D eigenvalue weighted by Crippen LogP contribution is -2.25. The molecule has 0 fully saturated rings. The molecule has 2 rings (SSSR count). The van der Waals surface area contributed by atoms with Crippen LogP contribution in [0, 0.1) is 6.92 Å². The molecular formula is C12H14N3O3S-. The Morgan fingerprint density at radius 3 is 2.68 bits per heavy atom. The van der Waals surface area contributed by atoms with Gasteiger partial charge in [0.2, 0.25) is 0 Å². The van der Waals surface area contributed by atoms with E-state index in [0.717, 1.165) is 5.69 Å². The van der Waals surface area contributed by atoms with Crippen LogP contribution in [0.4, 0.5) is 5.69 Å². The summed E-state index contributed by atoms with van der Waals surface area (Å²) in [5.41, 5.74) is 1.68. The standard InChI is InChI=1S/C12H15N3O3S/c1-3-14(19(17)18)10-5-4-6-11(8-10)15-12(16)7-9(2)13-15/h4-8,13H,3H2,1-2H3,(H,17,18)/p-1.